The van der Waals surface area contributed by atoms with Crippen LogP contribution in [0.5, 0.6) is 0 Å². The van der Waals surface area contributed by atoms with Crippen LogP contribution in [0.1, 0.15) is 19.8 Å². The second kappa shape index (κ2) is 5.50. The van der Waals surface area contributed by atoms with Gasteiger partial charge in [-0.1, -0.05) is 19.1 Å². The topological polar surface area (TPSA) is 101 Å². The number of nitrogens with two attached hydrogens (primary N) is 1. The van der Waals surface area contributed by atoms with Gasteiger partial charge in [0.1, 0.15) is 0 Å². The molecule has 4 N–H and O–H groups in total. The van der Waals surface area contributed by atoms with Crippen LogP contribution >= 0.6 is 12.2 Å². The highest BCUT2D eigenvalue weighted by molar-refractivity contribution is 7.88. The molecule has 0 aromatic heterocycles. The first-order chi connectivity index (χ1) is 8.17. The average Bonchev–Trinajstić information content (AvgIpc) is 2.17. The molecule has 8 heteroatoms. The van der Waals surface area contributed by atoms with Crippen LogP contribution in [0.3, 0.4) is 0 Å². The zero-order valence-corrected chi connectivity index (χ0v) is 12.2. The van der Waals surface area contributed by atoms with Gasteiger partial charge in [-0.15, -0.1) is 0 Å². The summed E-state index contributed by atoms with van der Waals surface area (Å²) in [4.78, 5) is 12.2. The number of carbonyl (C=O) groups excluding carboxylic acids is 1. The molecule has 1 saturated carbocycles. The van der Waals surface area contributed by atoms with Crippen LogP contribution in [-0.4, -0.2) is 38.7 Å². The first-order valence-electron chi connectivity index (χ1n) is 5.70. The second-order valence-electron chi connectivity index (χ2n) is 4.88. The van der Waals surface area contributed by atoms with Crippen molar-refractivity contribution in [3.63, 3.8) is 0 Å². The van der Waals surface area contributed by atoms with Crippen molar-refractivity contribution in [1.82, 2.24) is 10.0 Å². The Kier molecular flexibility index (Phi) is 4.68. The second-order valence-corrected chi connectivity index (χ2v) is 7.16. The molecule has 0 saturated heterocycles. The predicted molar refractivity (Wildman–Crippen MR) is 73.5 cm³/mol. The first kappa shape index (κ1) is 15.3. The normalized spacial score (nSPS) is 27.3. The molecule has 1 aliphatic rings. The van der Waals surface area contributed by atoms with Gasteiger partial charge in [0.05, 0.1) is 16.7 Å². The lowest BCUT2D eigenvalue weighted by Gasteiger charge is -2.44. The summed E-state index contributed by atoms with van der Waals surface area (Å²) in [5.41, 5.74) is 4.89. The molecular weight excluding hydrogens is 274 g/mol. The van der Waals surface area contributed by atoms with Crippen molar-refractivity contribution >= 4 is 33.1 Å². The molecule has 1 amide bonds. The fourth-order valence-corrected chi connectivity index (χ4v) is 2.94. The third kappa shape index (κ3) is 3.63. The minimum Gasteiger partial charge on any atom is -0.392 e. The van der Waals surface area contributed by atoms with Crippen molar-refractivity contribution in [2.75, 3.05) is 19.3 Å². The van der Waals surface area contributed by atoms with Crippen molar-refractivity contribution in [1.29, 1.82) is 0 Å². The third-order valence-corrected chi connectivity index (χ3v) is 4.19. The summed E-state index contributed by atoms with van der Waals surface area (Å²) >= 11 is 4.95. The zero-order valence-electron chi connectivity index (χ0n) is 10.5. The molecule has 18 heavy (non-hydrogen) atoms. The van der Waals surface area contributed by atoms with Crippen molar-refractivity contribution in [3.8, 4) is 0 Å². The van der Waals surface area contributed by atoms with Gasteiger partial charge in [0.2, 0.25) is 15.9 Å². The molecule has 1 rings (SSSR count). The minimum atomic E-state index is -3.23. The Bertz CT molecular complexity index is 441. The number of carbonyl (C=O) groups is 1. The van der Waals surface area contributed by atoms with Gasteiger partial charge >= 0.3 is 0 Å². The molecule has 0 aromatic carbocycles. The van der Waals surface area contributed by atoms with Gasteiger partial charge in [0, 0.05) is 13.1 Å². The van der Waals surface area contributed by atoms with Gasteiger partial charge in [-0.3, -0.25) is 4.79 Å². The van der Waals surface area contributed by atoms with E-state index in [2.05, 4.69) is 10.0 Å². The fourth-order valence-electron chi connectivity index (χ4n) is 2.21. The molecule has 1 aliphatic carbocycles. The Labute approximate surface area is 113 Å². The van der Waals surface area contributed by atoms with E-state index in [-0.39, 0.29) is 24.0 Å². The molecular formula is C10H19N3O3S2. The van der Waals surface area contributed by atoms with Crippen LogP contribution in [-0.2, 0) is 14.8 Å². The third-order valence-electron chi connectivity index (χ3n) is 3.07. The molecule has 0 unspecified atom stereocenters. The first-order valence-corrected chi connectivity index (χ1v) is 8.00. The van der Waals surface area contributed by atoms with E-state index in [1.54, 1.807) is 0 Å². The van der Waals surface area contributed by atoms with Crippen LogP contribution < -0.4 is 15.8 Å². The molecule has 0 radical (unpaired) electrons. The quantitative estimate of drug-likeness (QED) is 0.446. The summed E-state index contributed by atoms with van der Waals surface area (Å²) in [6.45, 7) is 2.42. The number of rotatable bonds is 6. The number of amides is 1. The average molecular weight is 293 g/mol. The molecule has 1 fully saturated rings. The molecule has 0 aliphatic heterocycles. The molecule has 0 spiro atoms. The number of nitrogens with one attached hydrogen (secondary N) is 2. The van der Waals surface area contributed by atoms with E-state index in [4.69, 9.17) is 18.0 Å². The summed E-state index contributed by atoms with van der Waals surface area (Å²) < 4.78 is 23.9. The van der Waals surface area contributed by atoms with Crippen molar-refractivity contribution < 1.29 is 13.2 Å². The highest BCUT2D eigenvalue weighted by atomic mass is 32.2. The summed E-state index contributed by atoms with van der Waals surface area (Å²) in [5, 5.41) is 2.67. The maximum absolute atomic E-state index is 12.0. The zero-order chi connectivity index (χ0) is 14.0. The van der Waals surface area contributed by atoms with E-state index in [1.807, 2.05) is 6.92 Å². The maximum atomic E-state index is 12.0. The highest BCUT2D eigenvalue weighted by Gasteiger charge is 2.50. The highest BCUT2D eigenvalue weighted by Crippen LogP contribution is 2.45. The van der Waals surface area contributed by atoms with Crippen LogP contribution in [0.2, 0.25) is 0 Å². The van der Waals surface area contributed by atoms with Gasteiger partial charge in [-0.05, 0) is 18.8 Å². The summed E-state index contributed by atoms with van der Waals surface area (Å²) in [5.74, 6) is 0.231. The standard InChI is InChI=1S/C10H19N3O3S2/c1-7-5-10(6-7,8(11)17)9(14)12-3-4-13-18(2,15)16/h7,13H,3-6H2,1-2H3,(H2,11,17)(H,12,14). The number of thiocarbonyl (C=S) groups is 1. The van der Waals surface area contributed by atoms with Gasteiger partial charge in [0.25, 0.3) is 0 Å². The lowest BCUT2D eigenvalue weighted by atomic mass is 9.62. The number of sulfonamides is 1. The molecule has 0 bridgehead atoms. The van der Waals surface area contributed by atoms with E-state index < -0.39 is 15.4 Å². The summed E-state index contributed by atoms with van der Waals surface area (Å²) in [7, 11) is -3.23. The molecule has 0 heterocycles. The molecule has 0 aromatic rings. The Morgan fingerprint density at radius 3 is 2.39 bits per heavy atom. The van der Waals surface area contributed by atoms with Crippen LogP contribution in [0.25, 0.3) is 0 Å². The van der Waals surface area contributed by atoms with Gasteiger partial charge < -0.3 is 11.1 Å². The molecule has 6 nitrogen and oxygen atoms in total. The lowest BCUT2D eigenvalue weighted by Crippen LogP contribution is -2.56. The van der Waals surface area contributed by atoms with Gasteiger partial charge in [-0.2, -0.15) is 0 Å². The van der Waals surface area contributed by atoms with E-state index in [0.29, 0.717) is 18.8 Å². The van der Waals surface area contributed by atoms with Crippen LogP contribution in [0.15, 0.2) is 0 Å². The van der Waals surface area contributed by atoms with Crippen molar-refractivity contribution in [2.24, 2.45) is 17.1 Å². The van der Waals surface area contributed by atoms with E-state index >= 15 is 0 Å². The summed E-state index contributed by atoms with van der Waals surface area (Å²) in [6.07, 6.45) is 2.39. The summed E-state index contributed by atoms with van der Waals surface area (Å²) in [6, 6.07) is 0. The largest absolute Gasteiger partial charge is 0.392 e. The maximum Gasteiger partial charge on any atom is 0.233 e. The van der Waals surface area contributed by atoms with Gasteiger partial charge in [0.15, 0.2) is 0 Å². The molecule has 104 valence electrons. The molecule has 0 atom stereocenters. The Hall–Kier alpha value is -0.730. The van der Waals surface area contributed by atoms with Crippen LogP contribution in [0.4, 0.5) is 0 Å². The van der Waals surface area contributed by atoms with E-state index in [9.17, 15) is 13.2 Å². The Balaban J connectivity index is 2.43. The predicted octanol–water partition coefficient (Wildman–Crippen LogP) is -0.646. The van der Waals surface area contributed by atoms with E-state index in [1.165, 1.54) is 0 Å². The Morgan fingerprint density at radius 1 is 1.44 bits per heavy atom. The smallest absolute Gasteiger partial charge is 0.233 e. The van der Waals surface area contributed by atoms with Crippen molar-refractivity contribution in [3.05, 3.63) is 0 Å². The fraction of sp³-hybridized carbons (Fsp3) is 0.800. The van der Waals surface area contributed by atoms with Gasteiger partial charge in [-0.25, -0.2) is 13.1 Å². The monoisotopic (exact) mass is 293 g/mol. The SMILES string of the molecule is CC1CC(C(=O)NCCNS(C)(=O)=O)(C(N)=S)C1. The van der Waals surface area contributed by atoms with Crippen LogP contribution in [0, 0.1) is 11.3 Å². The lowest BCUT2D eigenvalue weighted by molar-refractivity contribution is -0.132. The Morgan fingerprint density at radius 2 is 2.00 bits per heavy atom. The number of hydrogen-bond donors (Lipinski definition) is 3. The van der Waals surface area contributed by atoms with E-state index in [0.717, 1.165) is 6.26 Å². The minimum absolute atomic E-state index is 0.160. The number of hydrogen-bond acceptors (Lipinski definition) is 4. The van der Waals surface area contributed by atoms with Crippen molar-refractivity contribution in [2.45, 2.75) is 19.8 Å².